The molecule has 1 aliphatic rings. The van der Waals surface area contributed by atoms with E-state index in [1.165, 1.54) is 24.1 Å². The number of fused-ring (bicyclic) bond motifs is 2. The number of para-hydroxylation sites is 1. The van der Waals surface area contributed by atoms with Crippen LogP contribution in [0.5, 0.6) is 5.75 Å². The summed E-state index contributed by atoms with van der Waals surface area (Å²) in [5.74, 6) is -0.277. The number of aromatic nitrogens is 1. The highest BCUT2D eigenvalue weighted by Crippen LogP contribution is 2.43. The summed E-state index contributed by atoms with van der Waals surface area (Å²) in [5.41, 5.74) is 0.414. The number of methoxy groups -OCH3 is 1. The van der Waals surface area contributed by atoms with Gasteiger partial charge in [0.15, 0.2) is 5.43 Å². The molecule has 0 spiro atoms. The van der Waals surface area contributed by atoms with Crippen LogP contribution in [0.25, 0.3) is 11.0 Å². The third-order valence-corrected chi connectivity index (χ3v) is 5.16. The number of anilines is 1. The molecule has 30 heavy (non-hydrogen) atoms. The zero-order chi connectivity index (χ0) is 20.8. The van der Waals surface area contributed by atoms with Crippen LogP contribution >= 0.6 is 0 Å². The van der Waals surface area contributed by atoms with E-state index in [2.05, 4.69) is 4.98 Å². The molecule has 148 valence electrons. The highest BCUT2D eigenvalue weighted by Gasteiger charge is 2.45. The first-order valence-corrected chi connectivity index (χ1v) is 9.24. The lowest BCUT2D eigenvalue weighted by Crippen LogP contribution is -2.30. The summed E-state index contributed by atoms with van der Waals surface area (Å²) in [6, 6.07) is 15.1. The Balaban J connectivity index is 1.86. The van der Waals surface area contributed by atoms with Gasteiger partial charge in [0, 0.05) is 11.8 Å². The van der Waals surface area contributed by atoms with E-state index in [0.717, 1.165) is 6.07 Å². The molecule has 0 saturated heterocycles. The van der Waals surface area contributed by atoms with Crippen LogP contribution in [0, 0.1) is 5.82 Å². The fraction of sp³-hybridized carbons (Fsp3) is 0.0870. The largest absolute Gasteiger partial charge is 0.496 e. The van der Waals surface area contributed by atoms with Crippen molar-refractivity contribution >= 4 is 22.7 Å². The fourth-order valence-electron chi connectivity index (χ4n) is 3.86. The van der Waals surface area contributed by atoms with Gasteiger partial charge in [0.25, 0.3) is 5.91 Å². The van der Waals surface area contributed by atoms with Crippen molar-refractivity contribution in [1.29, 1.82) is 0 Å². The summed E-state index contributed by atoms with van der Waals surface area (Å²) in [6.45, 7) is 0. The molecule has 1 unspecified atom stereocenters. The van der Waals surface area contributed by atoms with Crippen LogP contribution in [0.4, 0.5) is 10.2 Å². The smallest absolute Gasteiger partial charge is 0.296 e. The monoisotopic (exact) mass is 402 g/mol. The van der Waals surface area contributed by atoms with Crippen molar-refractivity contribution in [2.24, 2.45) is 0 Å². The number of pyridine rings is 1. The van der Waals surface area contributed by atoms with Gasteiger partial charge in [0.2, 0.25) is 5.76 Å². The third-order valence-electron chi connectivity index (χ3n) is 5.16. The summed E-state index contributed by atoms with van der Waals surface area (Å²) >= 11 is 0. The number of carbonyl (C=O) groups is 1. The number of hydrogen-bond donors (Lipinski definition) is 0. The summed E-state index contributed by atoms with van der Waals surface area (Å²) in [5, 5.41) is 0.0734. The Morgan fingerprint density at radius 2 is 1.87 bits per heavy atom. The molecule has 2 aromatic carbocycles. The molecular weight excluding hydrogens is 387 g/mol. The van der Waals surface area contributed by atoms with Crippen molar-refractivity contribution < 1.29 is 18.3 Å². The molecule has 0 saturated carbocycles. The SMILES string of the molecule is COc1ccccc1C1c2c(oc3ccc(F)cc3c2=O)C(=O)N1c1ccccn1. The first kappa shape index (κ1) is 18.1. The van der Waals surface area contributed by atoms with Crippen LogP contribution in [-0.2, 0) is 0 Å². The van der Waals surface area contributed by atoms with Gasteiger partial charge in [-0.05, 0) is 36.4 Å². The molecule has 4 aromatic rings. The predicted octanol–water partition coefficient (Wildman–Crippen LogP) is 4.09. The minimum atomic E-state index is -0.831. The first-order valence-electron chi connectivity index (χ1n) is 9.24. The minimum Gasteiger partial charge on any atom is -0.496 e. The minimum absolute atomic E-state index is 0.0734. The van der Waals surface area contributed by atoms with E-state index in [-0.39, 0.29) is 22.3 Å². The molecular formula is C23H15FN2O4. The van der Waals surface area contributed by atoms with E-state index in [0.29, 0.717) is 17.1 Å². The van der Waals surface area contributed by atoms with Gasteiger partial charge in [-0.2, -0.15) is 0 Å². The standard InChI is InChI=1S/C23H15FN2O4/c1-29-16-7-3-2-6-14(16)20-19-21(27)15-12-13(24)9-10-17(15)30-22(19)23(28)26(20)18-8-4-5-11-25-18/h2-12,20H,1H3. The number of amides is 1. The van der Waals surface area contributed by atoms with Gasteiger partial charge in [-0.15, -0.1) is 0 Å². The van der Waals surface area contributed by atoms with Crippen molar-refractivity contribution in [2.75, 3.05) is 12.0 Å². The van der Waals surface area contributed by atoms with Crippen LogP contribution < -0.4 is 15.1 Å². The van der Waals surface area contributed by atoms with Crippen LogP contribution in [0.2, 0.25) is 0 Å². The Labute approximate surface area is 170 Å². The average Bonchev–Trinajstić information content (AvgIpc) is 3.07. The lowest BCUT2D eigenvalue weighted by Gasteiger charge is -2.25. The molecule has 6 nitrogen and oxygen atoms in total. The Morgan fingerprint density at radius 3 is 2.63 bits per heavy atom. The van der Waals surface area contributed by atoms with Crippen molar-refractivity contribution in [3.63, 3.8) is 0 Å². The van der Waals surface area contributed by atoms with Gasteiger partial charge >= 0.3 is 0 Å². The zero-order valence-electron chi connectivity index (χ0n) is 15.8. The van der Waals surface area contributed by atoms with E-state index in [9.17, 15) is 14.0 Å². The average molecular weight is 402 g/mol. The van der Waals surface area contributed by atoms with Crippen molar-refractivity contribution in [3.8, 4) is 5.75 Å². The van der Waals surface area contributed by atoms with Gasteiger partial charge in [0.05, 0.1) is 18.1 Å². The summed E-state index contributed by atoms with van der Waals surface area (Å²) in [4.78, 5) is 32.5. The van der Waals surface area contributed by atoms with E-state index in [4.69, 9.17) is 9.15 Å². The van der Waals surface area contributed by atoms with Crippen molar-refractivity contribution in [1.82, 2.24) is 4.98 Å². The molecule has 2 aromatic heterocycles. The number of nitrogens with zero attached hydrogens (tertiary/aromatic N) is 2. The molecule has 5 rings (SSSR count). The molecule has 0 N–H and O–H groups in total. The number of hydrogen-bond acceptors (Lipinski definition) is 5. The van der Waals surface area contributed by atoms with Crippen LogP contribution in [0.3, 0.4) is 0 Å². The molecule has 0 bridgehead atoms. The lowest BCUT2D eigenvalue weighted by molar-refractivity contribution is 0.0970. The second-order valence-electron chi connectivity index (χ2n) is 6.82. The Kier molecular flexibility index (Phi) is 4.10. The Bertz CT molecular complexity index is 1350. The number of rotatable bonds is 3. The highest BCUT2D eigenvalue weighted by atomic mass is 19.1. The van der Waals surface area contributed by atoms with E-state index in [1.807, 2.05) is 0 Å². The van der Waals surface area contributed by atoms with Crippen LogP contribution in [0.15, 0.2) is 76.1 Å². The summed E-state index contributed by atoms with van der Waals surface area (Å²) < 4.78 is 25.1. The lowest BCUT2D eigenvalue weighted by atomic mass is 9.97. The number of carbonyl (C=O) groups excluding carboxylic acids is 1. The predicted molar refractivity (Wildman–Crippen MR) is 108 cm³/mol. The number of benzene rings is 2. The molecule has 7 heteroatoms. The van der Waals surface area contributed by atoms with Crippen LogP contribution in [-0.4, -0.2) is 18.0 Å². The van der Waals surface area contributed by atoms with Gasteiger partial charge in [-0.3, -0.25) is 14.5 Å². The van der Waals surface area contributed by atoms with E-state index < -0.39 is 23.2 Å². The summed E-state index contributed by atoms with van der Waals surface area (Å²) in [7, 11) is 1.51. The van der Waals surface area contributed by atoms with Gasteiger partial charge in [0.1, 0.15) is 29.0 Å². The molecule has 0 radical (unpaired) electrons. The highest BCUT2D eigenvalue weighted by molar-refractivity contribution is 6.10. The maximum Gasteiger partial charge on any atom is 0.296 e. The van der Waals surface area contributed by atoms with Gasteiger partial charge in [-0.1, -0.05) is 24.3 Å². The quantitative estimate of drug-likeness (QED) is 0.516. The molecule has 3 heterocycles. The molecule has 0 aliphatic carbocycles. The Hall–Kier alpha value is -4.00. The van der Waals surface area contributed by atoms with Crippen molar-refractivity contribution in [3.05, 3.63) is 99.8 Å². The molecule has 1 amide bonds. The number of ether oxygens (including phenoxy) is 1. The topological polar surface area (TPSA) is 72.6 Å². The second kappa shape index (κ2) is 6.81. The van der Waals surface area contributed by atoms with Gasteiger partial charge in [-0.25, -0.2) is 9.37 Å². The number of halogens is 1. The maximum absolute atomic E-state index is 13.8. The molecule has 1 atom stereocenters. The third kappa shape index (κ3) is 2.59. The molecule has 1 aliphatic heterocycles. The Morgan fingerprint density at radius 1 is 1.07 bits per heavy atom. The van der Waals surface area contributed by atoms with E-state index in [1.54, 1.807) is 48.7 Å². The van der Waals surface area contributed by atoms with Gasteiger partial charge < -0.3 is 9.15 Å². The van der Waals surface area contributed by atoms with E-state index >= 15 is 0 Å². The second-order valence-corrected chi connectivity index (χ2v) is 6.82. The normalized spacial score (nSPS) is 15.5. The fourth-order valence-corrected chi connectivity index (χ4v) is 3.86. The summed E-state index contributed by atoms with van der Waals surface area (Å²) in [6.07, 6.45) is 1.56. The maximum atomic E-state index is 13.8. The first-order chi connectivity index (χ1) is 14.6. The zero-order valence-corrected chi connectivity index (χ0v) is 15.8. The molecule has 0 fully saturated rings. The van der Waals surface area contributed by atoms with Crippen molar-refractivity contribution in [2.45, 2.75) is 6.04 Å². The van der Waals surface area contributed by atoms with Crippen LogP contribution in [0.1, 0.15) is 27.7 Å².